The summed E-state index contributed by atoms with van der Waals surface area (Å²) in [5.41, 5.74) is 5.73. The summed E-state index contributed by atoms with van der Waals surface area (Å²) in [7, 11) is -8.00. The molecule has 0 radical (unpaired) electrons. The number of nitrogens with zero attached hydrogens (tertiary/aromatic N) is 2. The van der Waals surface area contributed by atoms with Crippen molar-refractivity contribution in [2.24, 2.45) is 10.2 Å². The number of hydrogen-bond acceptors (Lipinski definition) is 9. The van der Waals surface area contributed by atoms with Crippen molar-refractivity contribution in [2.75, 3.05) is 12.8 Å². The number of phenolic OH excluding ortho intramolecular Hbond substituents is 1. The van der Waals surface area contributed by atoms with Crippen molar-refractivity contribution >= 4 is 48.1 Å². The predicted molar refractivity (Wildman–Crippen MR) is 107 cm³/mol. The summed E-state index contributed by atoms with van der Waals surface area (Å²) in [6.07, 6.45) is 0. The Morgan fingerprint density at radius 2 is 1.53 bits per heavy atom. The molecule has 3 aromatic rings. The summed E-state index contributed by atoms with van der Waals surface area (Å²) in [5, 5.41) is 18.0. The molecule has 13 heteroatoms. The van der Waals surface area contributed by atoms with Gasteiger partial charge in [0.15, 0.2) is 0 Å². The number of anilines is 1. The fourth-order valence-corrected chi connectivity index (χ4v) is 3.87. The Morgan fingerprint density at radius 3 is 2.13 bits per heavy atom. The van der Waals surface area contributed by atoms with Gasteiger partial charge in [-0.2, -0.15) is 16.8 Å². The zero-order valence-electron chi connectivity index (χ0n) is 15.2. The molecular formula is C17H15N3O8S2. The smallest absolute Gasteiger partial charge is 0.296 e. The van der Waals surface area contributed by atoms with E-state index < -0.39 is 35.8 Å². The number of nitrogen functional groups attached to an aromatic ring is 1. The Bertz CT molecular complexity index is 1400. The number of methoxy groups -OCH3 is 1. The number of azo groups is 1. The van der Waals surface area contributed by atoms with Gasteiger partial charge in [-0.1, -0.05) is 0 Å². The van der Waals surface area contributed by atoms with Crippen molar-refractivity contribution in [1.29, 1.82) is 0 Å². The standard InChI is InChI=1S/C17H15N3O8S2/c1-28-9-2-4-14(16(6-9)30(25,26)27)20-19-13-5-3-12(18)17-11(13)7-10(8-15(17)21)29(22,23)24/h2-8,21H,18H2,1H3,(H,22,23,24)(H,25,26,27). The number of phenols is 1. The Kier molecular flexibility index (Phi) is 5.38. The molecule has 5 N–H and O–H groups in total. The van der Waals surface area contributed by atoms with Crippen LogP contribution in [-0.4, -0.2) is 38.2 Å². The molecule has 0 bridgehead atoms. The number of hydrogen-bond donors (Lipinski definition) is 4. The van der Waals surface area contributed by atoms with Crippen LogP contribution in [0, 0.1) is 0 Å². The third kappa shape index (κ3) is 4.18. The van der Waals surface area contributed by atoms with Crippen molar-refractivity contribution < 1.29 is 35.8 Å². The summed E-state index contributed by atoms with van der Waals surface area (Å²) in [5.74, 6) is -0.361. The minimum atomic E-state index is -4.66. The zero-order chi connectivity index (χ0) is 22.3. The number of ether oxygens (including phenoxy) is 1. The van der Waals surface area contributed by atoms with Crippen LogP contribution in [-0.2, 0) is 20.2 Å². The molecule has 0 aromatic heterocycles. The van der Waals surface area contributed by atoms with Crippen LogP contribution in [0.1, 0.15) is 0 Å². The van der Waals surface area contributed by atoms with Gasteiger partial charge < -0.3 is 15.6 Å². The van der Waals surface area contributed by atoms with Crippen LogP contribution >= 0.6 is 0 Å². The fourth-order valence-electron chi connectivity index (χ4n) is 2.70. The van der Waals surface area contributed by atoms with Crippen LogP contribution in [0.2, 0.25) is 0 Å². The molecule has 3 aromatic carbocycles. The molecule has 30 heavy (non-hydrogen) atoms. The maximum atomic E-state index is 11.6. The molecule has 0 fully saturated rings. The van der Waals surface area contributed by atoms with E-state index in [-0.39, 0.29) is 33.6 Å². The second-order valence-corrected chi connectivity index (χ2v) is 8.83. The average Bonchev–Trinajstić information content (AvgIpc) is 2.65. The number of rotatable bonds is 5. The van der Waals surface area contributed by atoms with Crippen molar-refractivity contribution in [2.45, 2.75) is 9.79 Å². The molecule has 11 nitrogen and oxygen atoms in total. The SMILES string of the molecule is COc1ccc(N=Nc2ccc(N)c3c(O)cc(S(=O)(=O)O)cc23)c(S(=O)(=O)O)c1. The highest BCUT2D eigenvalue weighted by atomic mass is 32.2. The zero-order valence-corrected chi connectivity index (χ0v) is 16.8. The molecule has 0 spiro atoms. The molecule has 0 atom stereocenters. The molecule has 0 amide bonds. The highest BCUT2D eigenvalue weighted by Crippen LogP contribution is 2.39. The van der Waals surface area contributed by atoms with Crippen LogP contribution in [0.25, 0.3) is 10.8 Å². The van der Waals surface area contributed by atoms with Crippen LogP contribution in [0.3, 0.4) is 0 Å². The molecule has 0 saturated carbocycles. The summed E-state index contributed by atoms with van der Waals surface area (Å²) in [6, 6.07) is 8.28. The lowest BCUT2D eigenvalue weighted by molar-refractivity contribution is 0.412. The normalized spacial score (nSPS) is 12.5. The Labute approximate surface area is 170 Å². The first kappa shape index (κ1) is 21.4. The van der Waals surface area contributed by atoms with E-state index >= 15 is 0 Å². The largest absolute Gasteiger partial charge is 0.507 e. The molecule has 0 aliphatic heterocycles. The molecule has 0 unspecified atom stereocenters. The van der Waals surface area contributed by atoms with Crippen LogP contribution in [0.5, 0.6) is 11.5 Å². The van der Waals surface area contributed by atoms with E-state index in [1.54, 1.807) is 0 Å². The van der Waals surface area contributed by atoms with Gasteiger partial charge in [0, 0.05) is 28.6 Å². The van der Waals surface area contributed by atoms with E-state index in [0.29, 0.717) is 0 Å². The molecule has 0 aliphatic rings. The lowest BCUT2D eigenvalue weighted by Crippen LogP contribution is -1.99. The maximum absolute atomic E-state index is 11.6. The van der Waals surface area contributed by atoms with E-state index in [9.17, 15) is 31.0 Å². The van der Waals surface area contributed by atoms with Gasteiger partial charge in [0.25, 0.3) is 20.2 Å². The van der Waals surface area contributed by atoms with Gasteiger partial charge in [-0.25, -0.2) is 0 Å². The molecule has 3 rings (SSSR count). The van der Waals surface area contributed by atoms with E-state index in [0.717, 1.165) is 18.2 Å². The first-order valence-electron chi connectivity index (χ1n) is 8.02. The van der Waals surface area contributed by atoms with Gasteiger partial charge in [-0.05, 0) is 30.3 Å². The fraction of sp³-hybridized carbons (Fsp3) is 0.0588. The Balaban J connectivity index is 2.23. The molecule has 0 heterocycles. The minimum absolute atomic E-state index is 0.0112. The first-order chi connectivity index (χ1) is 13.9. The highest BCUT2D eigenvalue weighted by molar-refractivity contribution is 7.86. The topological polar surface area (TPSA) is 189 Å². The van der Waals surface area contributed by atoms with Gasteiger partial charge >= 0.3 is 0 Å². The minimum Gasteiger partial charge on any atom is -0.507 e. The van der Waals surface area contributed by atoms with E-state index in [1.807, 2.05) is 0 Å². The van der Waals surface area contributed by atoms with Crippen LogP contribution in [0.4, 0.5) is 17.1 Å². The number of nitrogens with two attached hydrogens (primary N) is 1. The molecule has 0 saturated heterocycles. The highest BCUT2D eigenvalue weighted by Gasteiger charge is 2.19. The van der Waals surface area contributed by atoms with Gasteiger partial charge in [0.2, 0.25) is 0 Å². The van der Waals surface area contributed by atoms with Crippen LogP contribution < -0.4 is 10.5 Å². The van der Waals surface area contributed by atoms with Crippen molar-refractivity contribution in [3.05, 3.63) is 42.5 Å². The van der Waals surface area contributed by atoms with Crippen LogP contribution in [0.15, 0.2) is 62.5 Å². The lowest BCUT2D eigenvalue weighted by atomic mass is 10.1. The van der Waals surface area contributed by atoms with Crippen molar-refractivity contribution in [3.63, 3.8) is 0 Å². The van der Waals surface area contributed by atoms with E-state index in [4.69, 9.17) is 10.5 Å². The van der Waals surface area contributed by atoms with Crippen molar-refractivity contribution in [3.8, 4) is 11.5 Å². The summed E-state index contributed by atoms with van der Waals surface area (Å²) in [4.78, 5) is -1.16. The Morgan fingerprint density at radius 1 is 0.900 bits per heavy atom. The quantitative estimate of drug-likeness (QED) is 0.255. The number of fused-ring (bicyclic) bond motifs is 1. The third-order valence-electron chi connectivity index (χ3n) is 4.08. The average molecular weight is 453 g/mol. The van der Waals surface area contributed by atoms with Crippen molar-refractivity contribution in [1.82, 2.24) is 0 Å². The van der Waals surface area contributed by atoms with Gasteiger partial charge in [-0.15, -0.1) is 10.2 Å². The third-order valence-corrected chi connectivity index (χ3v) is 5.80. The van der Waals surface area contributed by atoms with E-state index in [1.165, 1.54) is 31.4 Å². The molecule has 0 aliphatic carbocycles. The van der Waals surface area contributed by atoms with Gasteiger partial charge in [0.05, 0.1) is 17.7 Å². The maximum Gasteiger partial charge on any atom is 0.296 e. The second kappa shape index (κ2) is 7.53. The lowest BCUT2D eigenvalue weighted by Gasteiger charge is -2.09. The monoisotopic (exact) mass is 453 g/mol. The first-order valence-corrected chi connectivity index (χ1v) is 10.9. The number of benzene rings is 3. The van der Waals surface area contributed by atoms with Gasteiger partial charge in [0.1, 0.15) is 22.1 Å². The number of aromatic hydroxyl groups is 1. The molecule has 158 valence electrons. The van der Waals surface area contributed by atoms with Gasteiger partial charge in [-0.3, -0.25) is 9.11 Å². The predicted octanol–water partition coefficient (Wildman–Crippen LogP) is 3.04. The summed E-state index contributed by atoms with van der Waals surface area (Å²) < 4.78 is 69.9. The summed E-state index contributed by atoms with van der Waals surface area (Å²) in [6.45, 7) is 0. The second-order valence-electron chi connectivity index (χ2n) is 6.02. The molecular weight excluding hydrogens is 438 g/mol. The van der Waals surface area contributed by atoms with E-state index in [2.05, 4.69) is 10.2 Å². The Hall–Kier alpha value is -3.26. The summed E-state index contributed by atoms with van der Waals surface area (Å²) >= 11 is 0.